The van der Waals surface area contributed by atoms with Crippen LogP contribution in [0.3, 0.4) is 0 Å². The maximum Gasteiger partial charge on any atom is 0.133 e. The summed E-state index contributed by atoms with van der Waals surface area (Å²) in [6.07, 6.45) is 3.91. The van der Waals surface area contributed by atoms with Crippen molar-refractivity contribution in [3.8, 4) is 5.75 Å². The number of anilines is 1. The second-order valence-electron chi connectivity index (χ2n) is 4.78. The van der Waals surface area contributed by atoms with Gasteiger partial charge in [-0.2, -0.15) is 0 Å². The Balaban J connectivity index is 1.77. The zero-order valence-electron chi connectivity index (χ0n) is 10.8. The number of rotatable bonds is 5. The molecule has 1 aromatic rings. The van der Waals surface area contributed by atoms with Gasteiger partial charge in [-0.1, -0.05) is 0 Å². The standard InChI is InChI=1S/C14H21BrN2O/c1-18-14-5-4-12(9-13(14)15)17-8-6-11-3-2-7-16-10-11/h4-5,9,11,16-17H,2-3,6-8,10H2,1H3. The number of methoxy groups -OCH3 is 1. The molecule has 3 nitrogen and oxygen atoms in total. The van der Waals surface area contributed by atoms with Crippen molar-refractivity contribution in [2.75, 3.05) is 32.1 Å². The summed E-state index contributed by atoms with van der Waals surface area (Å²) in [5.41, 5.74) is 1.14. The van der Waals surface area contributed by atoms with Gasteiger partial charge < -0.3 is 15.4 Å². The molecule has 0 bridgehead atoms. The van der Waals surface area contributed by atoms with Crippen LogP contribution in [0.25, 0.3) is 0 Å². The molecule has 0 aliphatic carbocycles. The molecule has 0 amide bonds. The van der Waals surface area contributed by atoms with E-state index in [2.05, 4.69) is 38.7 Å². The topological polar surface area (TPSA) is 33.3 Å². The van der Waals surface area contributed by atoms with E-state index >= 15 is 0 Å². The molecule has 1 heterocycles. The van der Waals surface area contributed by atoms with Crippen LogP contribution in [-0.4, -0.2) is 26.7 Å². The third kappa shape index (κ3) is 3.89. The lowest BCUT2D eigenvalue weighted by Gasteiger charge is -2.22. The van der Waals surface area contributed by atoms with E-state index in [4.69, 9.17) is 4.74 Å². The maximum absolute atomic E-state index is 5.22. The van der Waals surface area contributed by atoms with Crippen LogP contribution >= 0.6 is 15.9 Å². The molecule has 1 saturated heterocycles. The predicted molar refractivity (Wildman–Crippen MR) is 79.4 cm³/mol. The van der Waals surface area contributed by atoms with Crippen LogP contribution in [-0.2, 0) is 0 Å². The molecule has 0 spiro atoms. The molecular formula is C14H21BrN2O. The van der Waals surface area contributed by atoms with Crippen molar-refractivity contribution in [1.29, 1.82) is 0 Å². The zero-order chi connectivity index (χ0) is 12.8. The normalized spacial score (nSPS) is 19.6. The second-order valence-corrected chi connectivity index (χ2v) is 5.63. The molecule has 0 aromatic heterocycles. The Labute approximate surface area is 117 Å². The van der Waals surface area contributed by atoms with Crippen molar-refractivity contribution >= 4 is 21.6 Å². The highest BCUT2D eigenvalue weighted by Crippen LogP contribution is 2.27. The SMILES string of the molecule is COc1ccc(NCCC2CCCNC2)cc1Br. The van der Waals surface area contributed by atoms with Crippen molar-refractivity contribution in [2.45, 2.75) is 19.3 Å². The Bertz CT molecular complexity index is 378. The molecule has 1 unspecified atom stereocenters. The van der Waals surface area contributed by atoms with Crippen molar-refractivity contribution in [1.82, 2.24) is 5.32 Å². The third-order valence-corrected chi connectivity index (χ3v) is 4.05. The molecule has 100 valence electrons. The van der Waals surface area contributed by atoms with Gasteiger partial charge in [-0.05, 0) is 72.4 Å². The zero-order valence-corrected chi connectivity index (χ0v) is 12.4. The average molecular weight is 313 g/mol. The molecule has 0 radical (unpaired) electrons. The molecule has 18 heavy (non-hydrogen) atoms. The summed E-state index contributed by atoms with van der Waals surface area (Å²) in [6.45, 7) is 3.40. The fraction of sp³-hybridized carbons (Fsp3) is 0.571. The highest BCUT2D eigenvalue weighted by Gasteiger charge is 2.12. The Morgan fingerprint density at radius 1 is 1.50 bits per heavy atom. The van der Waals surface area contributed by atoms with E-state index in [1.54, 1.807) is 7.11 Å². The quantitative estimate of drug-likeness (QED) is 0.875. The first-order chi connectivity index (χ1) is 8.79. The lowest BCUT2D eigenvalue weighted by Crippen LogP contribution is -2.30. The molecule has 1 aliphatic rings. The van der Waals surface area contributed by atoms with Crippen LogP contribution in [0.15, 0.2) is 22.7 Å². The van der Waals surface area contributed by atoms with E-state index in [0.29, 0.717) is 0 Å². The lowest BCUT2D eigenvalue weighted by molar-refractivity contribution is 0.364. The number of ether oxygens (including phenoxy) is 1. The summed E-state index contributed by atoms with van der Waals surface area (Å²) >= 11 is 3.50. The van der Waals surface area contributed by atoms with Gasteiger partial charge in [-0.15, -0.1) is 0 Å². The van der Waals surface area contributed by atoms with Gasteiger partial charge in [0.15, 0.2) is 0 Å². The number of benzene rings is 1. The molecule has 1 aromatic carbocycles. The minimum Gasteiger partial charge on any atom is -0.496 e. The van der Waals surface area contributed by atoms with Gasteiger partial charge in [0.1, 0.15) is 5.75 Å². The summed E-state index contributed by atoms with van der Waals surface area (Å²) < 4.78 is 6.21. The van der Waals surface area contributed by atoms with E-state index in [9.17, 15) is 0 Å². The number of nitrogens with one attached hydrogen (secondary N) is 2. The fourth-order valence-corrected chi connectivity index (χ4v) is 2.91. The van der Waals surface area contributed by atoms with Crippen LogP contribution in [0.2, 0.25) is 0 Å². The molecule has 1 aliphatic heterocycles. The molecule has 1 atom stereocenters. The van der Waals surface area contributed by atoms with E-state index in [0.717, 1.165) is 28.4 Å². The second kappa shape index (κ2) is 7.00. The highest BCUT2D eigenvalue weighted by atomic mass is 79.9. The minimum atomic E-state index is 0.827. The van der Waals surface area contributed by atoms with Crippen LogP contribution in [0.4, 0.5) is 5.69 Å². The maximum atomic E-state index is 5.22. The lowest BCUT2D eigenvalue weighted by atomic mass is 9.96. The smallest absolute Gasteiger partial charge is 0.133 e. The number of halogens is 1. The Hall–Kier alpha value is -0.740. The summed E-state index contributed by atoms with van der Waals surface area (Å²) in [7, 11) is 1.68. The number of hydrogen-bond donors (Lipinski definition) is 2. The summed E-state index contributed by atoms with van der Waals surface area (Å²) in [4.78, 5) is 0. The fourth-order valence-electron chi connectivity index (χ4n) is 2.37. The van der Waals surface area contributed by atoms with Crippen LogP contribution in [0.1, 0.15) is 19.3 Å². The first-order valence-electron chi connectivity index (χ1n) is 6.57. The van der Waals surface area contributed by atoms with Crippen LogP contribution in [0.5, 0.6) is 5.75 Å². The van der Waals surface area contributed by atoms with Gasteiger partial charge in [-0.25, -0.2) is 0 Å². The van der Waals surface area contributed by atoms with Gasteiger partial charge in [0.25, 0.3) is 0 Å². The molecular weight excluding hydrogens is 292 g/mol. The van der Waals surface area contributed by atoms with Crippen LogP contribution in [0, 0.1) is 5.92 Å². The Morgan fingerprint density at radius 3 is 3.06 bits per heavy atom. The van der Waals surface area contributed by atoms with Crippen molar-refractivity contribution in [3.05, 3.63) is 22.7 Å². The molecule has 2 N–H and O–H groups in total. The Morgan fingerprint density at radius 2 is 2.39 bits per heavy atom. The van der Waals surface area contributed by atoms with E-state index in [-0.39, 0.29) is 0 Å². The summed E-state index contributed by atoms with van der Waals surface area (Å²) in [6, 6.07) is 6.11. The third-order valence-electron chi connectivity index (χ3n) is 3.43. The van der Waals surface area contributed by atoms with Crippen molar-refractivity contribution < 1.29 is 4.74 Å². The first-order valence-corrected chi connectivity index (χ1v) is 7.37. The van der Waals surface area contributed by atoms with Gasteiger partial charge in [0, 0.05) is 12.2 Å². The molecule has 1 fully saturated rings. The van der Waals surface area contributed by atoms with E-state index < -0.39 is 0 Å². The average Bonchev–Trinajstić information content (AvgIpc) is 2.40. The minimum absolute atomic E-state index is 0.827. The first kappa shape index (κ1) is 13.7. The number of hydrogen-bond acceptors (Lipinski definition) is 3. The summed E-state index contributed by atoms with van der Waals surface area (Å²) in [5.74, 6) is 1.70. The van der Waals surface area contributed by atoms with Crippen LogP contribution < -0.4 is 15.4 Å². The van der Waals surface area contributed by atoms with Crippen molar-refractivity contribution in [2.24, 2.45) is 5.92 Å². The molecule has 4 heteroatoms. The largest absolute Gasteiger partial charge is 0.496 e. The van der Waals surface area contributed by atoms with E-state index in [1.165, 1.54) is 32.4 Å². The van der Waals surface area contributed by atoms with Gasteiger partial charge >= 0.3 is 0 Å². The monoisotopic (exact) mass is 312 g/mol. The highest BCUT2D eigenvalue weighted by molar-refractivity contribution is 9.10. The van der Waals surface area contributed by atoms with Crippen molar-refractivity contribution in [3.63, 3.8) is 0 Å². The van der Waals surface area contributed by atoms with Gasteiger partial charge in [0.2, 0.25) is 0 Å². The van der Waals surface area contributed by atoms with Gasteiger partial charge in [0.05, 0.1) is 11.6 Å². The molecule has 0 saturated carbocycles. The van der Waals surface area contributed by atoms with Gasteiger partial charge in [-0.3, -0.25) is 0 Å². The van der Waals surface area contributed by atoms with E-state index in [1.807, 2.05) is 6.07 Å². The summed E-state index contributed by atoms with van der Waals surface area (Å²) in [5, 5.41) is 6.93. The Kier molecular flexibility index (Phi) is 5.32. The predicted octanol–water partition coefficient (Wildman–Crippen LogP) is 3.26. The molecule has 2 rings (SSSR count). The number of piperidine rings is 1.